The van der Waals surface area contributed by atoms with Gasteiger partial charge in [-0.3, -0.25) is 4.79 Å². The van der Waals surface area contributed by atoms with Crippen molar-refractivity contribution in [1.82, 2.24) is 9.80 Å². The van der Waals surface area contributed by atoms with Gasteiger partial charge in [0.25, 0.3) is 5.91 Å². The maximum absolute atomic E-state index is 12.2. The van der Waals surface area contributed by atoms with Crippen molar-refractivity contribution >= 4 is 27.9 Å². The van der Waals surface area contributed by atoms with Crippen LogP contribution in [-0.2, 0) is 17.7 Å². The van der Waals surface area contributed by atoms with Crippen molar-refractivity contribution in [3.8, 4) is 0 Å². The molecular formula is C17H23BrN2O3. The van der Waals surface area contributed by atoms with Gasteiger partial charge >= 0.3 is 6.09 Å². The minimum absolute atomic E-state index is 0.0249. The topological polar surface area (TPSA) is 49.9 Å². The van der Waals surface area contributed by atoms with Gasteiger partial charge in [-0.25, -0.2) is 4.79 Å². The summed E-state index contributed by atoms with van der Waals surface area (Å²) in [5.41, 5.74) is 2.30. The van der Waals surface area contributed by atoms with E-state index in [0.717, 1.165) is 15.6 Å². The van der Waals surface area contributed by atoms with E-state index < -0.39 is 5.60 Å². The molecule has 0 spiro atoms. The van der Waals surface area contributed by atoms with Crippen LogP contribution in [0.5, 0.6) is 0 Å². The Kier molecular flexibility index (Phi) is 5.04. The van der Waals surface area contributed by atoms with Crippen LogP contribution in [0.1, 0.15) is 42.3 Å². The third-order valence-corrected chi connectivity index (χ3v) is 4.30. The van der Waals surface area contributed by atoms with Crippen LogP contribution in [0, 0.1) is 0 Å². The summed E-state index contributed by atoms with van der Waals surface area (Å²) >= 11 is 3.54. The highest BCUT2D eigenvalue weighted by molar-refractivity contribution is 9.10. The quantitative estimate of drug-likeness (QED) is 0.747. The molecule has 0 saturated carbocycles. The number of carbonyl (C=O) groups excluding carboxylic acids is 2. The standard InChI is InChI=1S/C17H23BrN2O3/c1-17(2,3)23-16(22)20-7-6-11-8-12(15(21)19(4)5)9-14(18)13(11)10-20/h8-9H,6-7,10H2,1-5H3. The molecule has 1 aliphatic heterocycles. The average Bonchev–Trinajstić information content (AvgIpc) is 2.44. The molecule has 1 aromatic rings. The van der Waals surface area contributed by atoms with E-state index in [-0.39, 0.29) is 12.0 Å². The zero-order valence-electron chi connectivity index (χ0n) is 14.3. The SMILES string of the molecule is CN(C)C(=O)c1cc(Br)c2c(c1)CCN(C(=O)OC(C)(C)C)C2. The average molecular weight is 383 g/mol. The summed E-state index contributed by atoms with van der Waals surface area (Å²) in [4.78, 5) is 27.6. The Morgan fingerprint density at radius 2 is 1.91 bits per heavy atom. The van der Waals surface area contributed by atoms with Crippen LogP contribution in [0.4, 0.5) is 4.79 Å². The van der Waals surface area contributed by atoms with E-state index in [4.69, 9.17) is 4.74 Å². The fourth-order valence-corrected chi connectivity index (χ4v) is 3.11. The summed E-state index contributed by atoms with van der Waals surface area (Å²) in [5.74, 6) is -0.0249. The molecule has 0 radical (unpaired) electrons. The Morgan fingerprint density at radius 1 is 1.26 bits per heavy atom. The van der Waals surface area contributed by atoms with Gasteiger partial charge in [-0.2, -0.15) is 0 Å². The van der Waals surface area contributed by atoms with E-state index in [2.05, 4.69) is 15.9 Å². The molecule has 0 saturated heterocycles. The van der Waals surface area contributed by atoms with E-state index >= 15 is 0 Å². The molecular weight excluding hydrogens is 360 g/mol. The number of carbonyl (C=O) groups is 2. The molecule has 0 N–H and O–H groups in total. The lowest BCUT2D eigenvalue weighted by Crippen LogP contribution is -2.40. The second kappa shape index (κ2) is 6.51. The molecule has 0 aliphatic carbocycles. The van der Waals surface area contributed by atoms with Crippen LogP contribution >= 0.6 is 15.9 Å². The fraction of sp³-hybridized carbons (Fsp3) is 0.529. The van der Waals surface area contributed by atoms with E-state index in [1.807, 2.05) is 32.9 Å². The molecule has 6 heteroatoms. The lowest BCUT2D eigenvalue weighted by Gasteiger charge is -2.32. The maximum Gasteiger partial charge on any atom is 0.410 e. The number of hydrogen-bond donors (Lipinski definition) is 0. The van der Waals surface area contributed by atoms with Gasteiger partial charge in [-0.1, -0.05) is 15.9 Å². The van der Waals surface area contributed by atoms with Gasteiger partial charge in [-0.05, 0) is 50.5 Å². The predicted molar refractivity (Wildman–Crippen MR) is 92.5 cm³/mol. The van der Waals surface area contributed by atoms with Gasteiger partial charge in [0.15, 0.2) is 0 Å². The lowest BCUT2D eigenvalue weighted by molar-refractivity contribution is 0.0223. The van der Waals surface area contributed by atoms with E-state index in [0.29, 0.717) is 25.1 Å². The van der Waals surface area contributed by atoms with Crippen molar-refractivity contribution in [2.75, 3.05) is 20.6 Å². The molecule has 5 nitrogen and oxygen atoms in total. The Hall–Kier alpha value is -1.56. The molecule has 1 aliphatic rings. The van der Waals surface area contributed by atoms with Crippen molar-refractivity contribution in [1.29, 1.82) is 0 Å². The fourth-order valence-electron chi connectivity index (χ4n) is 2.48. The third kappa shape index (κ3) is 4.25. The van der Waals surface area contributed by atoms with Crippen molar-refractivity contribution in [3.05, 3.63) is 33.3 Å². The van der Waals surface area contributed by atoms with Crippen molar-refractivity contribution < 1.29 is 14.3 Å². The van der Waals surface area contributed by atoms with Gasteiger partial charge in [-0.15, -0.1) is 0 Å². The molecule has 1 aromatic carbocycles. The minimum atomic E-state index is -0.503. The van der Waals surface area contributed by atoms with E-state index in [1.54, 1.807) is 23.9 Å². The van der Waals surface area contributed by atoms with Crippen LogP contribution in [0.25, 0.3) is 0 Å². The second-order valence-corrected chi connectivity index (χ2v) is 7.80. The zero-order valence-corrected chi connectivity index (χ0v) is 15.9. The molecule has 2 amide bonds. The Bertz CT molecular complexity index is 635. The molecule has 0 aromatic heterocycles. The van der Waals surface area contributed by atoms with E-state index in [9.17, 15) is 9.59 Å². The molecule has 2 rings (SSSR count). The van der Waals surface area contributed by atoms with Crippen molar-refractivity contribution in [3.63, 3.8) is 0 Å². The van der Waals surface area contributed by atoms with Gasteiger partial charge in [0.05, 0.1) is 6.54 Å². The summed E-state index contributed by atoms with van der Waals surface area (Å²) in [6.07, 6.45) is 0.408. The first kappa shape index (κ1) is 17.8. The Balaban J connectivity index is 2.22. The number of ether oxygens (including phenoxy) is 1. The van der Waals surface area contributed by atoms with Crippen molar-refractivity contribution in [2.45, 2.75) is 39.3 Å². The smallest absolute Gasteiger partial charge is 0.410 e. The summed E-state index contributed by atoms with van der Waals surface area (Å²) < 4.78 is 6.29. The number of nitrogens with zero attached hydrogens (tertiary/aromatic N) is 2. The highest BCUT2D eigenvalue weighted by Crippen LogP contribution is 2.29. The van der Waals surface area contributed by atoms with Crippen LogP contribution in [0.3, 0.4) is 0 Å². The molecule has 0 unspecified atom stereocenters. The predicted octanol–water partition coefficient (Wildman–Crippen LogP) is 3.44. The van der Waals surface area contributed by atoms with Crippen LogP contribution < -0.4 is 0 Å². The number of halogens is 1. The highest BCUT2D eigenvalue weighted by atomic mass is 79.9. The number of hydrogen-bond acceptors (Lipinski definition) is 3. The normalized spacial score (nSPS) is 14.3. The first-order chi connectivity index (χ1) is 10.6. The Labute approximate surface area is 145 Å². The summed E-state index contributed by atoms with van der Waals surface area (Å²) in [6, 6.07) is 3.74. The molecule has 0 atom stereocenters. The van der Waals surface area contributed by atoms with Crippen LogP contribution in [0.2, 0.25) is 0 Å². The molecule has 126 valence electrons. The zero-order chi connectivity index (χ0) is 17.4. The summed E-state index contributed by atoms with van der Waals surface area (Å²) in [6.45, 7) is 6.66. The van der Waals surface area contributed by atoms with Gasteiger partial charge in [0.1, 0.15) is 5.60 Å². The van der Waals surface area contributed by atoms with Gasteiger partial charge in [0, 0.05) is 30.7 Å². The molecule has 0 bridgehead atoms. The highest BCUT2D eigenvalue weighted by Gasteiger charge is 2.27. The number of rotatable bonds is 1. The van der Waals surface area contributed by atoms with E-state index in [1.165, 1.54) is 0 Å². The molecule has 23 heavy (non-hydrogen) atoms. The number of amides is 2. The molecule has 0 fully saturated rings. The van der Waals surface area contributed by atoms with Crippen LogP contribution in [-0.4, -0.2) is 48.0 Å². The lowest BCUT2D eigenvalue weighted by atomic mass is 9.97. The third-order valence-electron chi connectivity index (χ3n) is 3.59. The Morgan fingerprint density at radius 3 is 2.48 bits per heavy atom. The van der Waals surface area contributed by atoms with Crippen molar-refractivity contribution in [2.24, 2.45) is 0 Å². The second-order valence-electron chi connectivity index (χ2n) is 6.95. The minimum Gasteiger partial charge on any atom is -0.444 e. The van der Waals surface area contributed by atoms with Gasteiger partial charge in [0.2, 0.25) is 0 Å². The maximum atomic E-state index is 12.2. The number of benzene rings is 1. The first-order valence-corrected chi connectivity index (χ1v) is 8.38. The monoisotopic (exact) mass is 382 g/mol. The first-order valence-electron chi connectivity index (χ1n) is 7.59. The largest absolute Gasteiger partial charge is 0.444 e. The summed E-state index contributed by atoms with van der Waals surface area (Å²) in [7, 11) is 3.47. The molecule has 1 heterocycles. The van der Waals surface area contributed by atoms with Gasteiger partial charge < -0.3 is 14.5 Å². The number of fused-ring (bicyclic) bond motifs is 1. The van der Waals surface area contributed by atoms with Crippen LogP contribution in [0.15, 0.2) is 16.6 Å². The summed E-state index contributed by atoms with van der Waals surface area (Å²) in [5, 5.41) is 0.